The number of nitrogens with zero attached hydrogens (tertiary/aromatic N) is 2. The summed E-state index contributed by atoms with van der Waals surface area (Å²) in [6, 6.07) is 7.95. The molecule has 5 nitrogen and oxygen atoms in total. The Morgan fingerprint density at radius 1 is 0.962 bits per heavy atom. The number of pyridine rings is 1. The van der Waals surface area contributed by atoms with Gasteiger partial charge in [-0.1, -0.05) is 36.0 Å². The minimum Gasteiger partial charge on any atom is -0.337 e. The van der Waals surface area contributed by atoms with Gasteiger partial charge in [0.15, 0.2) is 0 Å². The maximum atomic E-state index is 12.7. The van der Waals surface area contributed by atoms with E-state index in [1.165, 1.54) is 12.3 Å². The molecule has 0 saturated carbocycles. The van der Waals surface area contributed by atoms with Crippen LogP contribution in [0.1, 0.15) is 46.5 Å². The molecule has 1 aliphatic rings. The summed E-state index contributed by atoms with van der Waals surface area (Å²) < 4.78 is 0. The van der Waals surface area contributed by atoms with Crippen LogP contribution in [0.4, 0.5) is 5.69 Å². The molecule has 0 radical (unpaired) electrons. The van der Waals surface area contributed by atoms with E-state index >= 15 is 0 Å². The third-order valence-electron chi connectivity index (χ3n) is 4.31. The number of benzene rings is 1. The number of hydrogen-bond donors (Lipinski definition) is 1. The van der Waals surface area contributed by atoms with Crippen molar-refractivity contribution in [3.05, 3.63) is 57.8 Å². The summed E-state index contributed by atoms with van der Waals surface area (Å²) in [6.07, 6.45) is 5.77. The van der Waals surface area contributed by atoms with Crippen molar-refractivity contribution >= 4 is 40.7 Å². The number of carbonyl (C=O) groups excluding carboxylic acids is 2. The van der Waals surface area contributed by atoms with E-state index in [2.05, 4.69) is 10.3 Å². The van der Waals surface area contributed by atoms with Crippen LogP contribution in [0, 0.1) is 0 Å². The Morgan fingerprint density at radius 2 is 1.69 bits per heavy atom. The Labute approximate surface area is 162 Å². The highest BCUT2D eigenvalue weighted by Crippen LogP contribution is 2.25. The second kappa shape index (κ2) is 8.52. The predicted octanol–water partition coefficient (Wildman–Crippen LogP) is 4.66. The maximum Gasteiger partial charge on any atom is 0.272 e. The van der Waals surface area contributed by atoms with Crippen molar-refractivity contribution in [3.63, 3.8) is 0 Å². The van der Waals surface area contributed by atoms with E-state index in [1.54, 1.807) is 24.3 Å². The van der Waals surface area contributed by atoms with Crippen LogP contribution < -0.4 is 5.32 Å². The molecule has 0 atom stereocenters. The van der Waals surface area contributed by atoms with Crippen molar-refractivity contribution in [2.24, 2.45) is 0 Å². The van der Waals surface area contributed by atoms with Crippen LogP contribution in [-0.4, -0.2) is 34.8 Å². The fraction of sp³-hybridized carbons (Fsp3) is 0.316. The van der Waals surface area contributed by atoms with Crippen LogP contribution in [0.3, 0.4) is 0 Å². The van der Waals surface area contributed by atoms with Gasteiger partial charge in [-0.25, -0.2) is 0 Å². The van der Waals surface area contributed by atoms with Gasteiger partial charge in [0, 0.05) is 30.5 Å². The lowest BCUT2D eigenvalue weighted by Gasteiger charge is -2.19. The number of carbonyl (C=O) groups is 2. The number of amides is 2. The number of aromatic nitrogens is 1. The van der Waals surface area contributed by atoms with Gasteiger partial charge < -0.3 is 10.2 Å². The fourth-order valence-corrected chi connectivity index (χ4v) is 3.20. The van der Waals surface area contributed by atoms with E-state index in [-0.39, 0.29) is 17.5 Å². The van der Waals surface area contributed by atoms with Gasteiger partial charge in [0.25, 0.3) is 11.8 Å². The summed E-state index contributed by atoms with van der Waals surface area (Å²) in [5.74, 6) is -0.466. The van der Waals surface area contributed by atoms with Gasteiger partial charge in [0.2, 0.25) is 0 Å². The molecule has 1 aromatic heterocycles. The second-order valence-electron chi connectivity index (χ2n) is 6.22. The first-order chi connectivity index (χ1) is 12.5. The lowest BCUT2D eigenvalue weighted by Crippen LogP contribution is -2.32. The standard InChI is InChI=1S/C19H19Cl2N3O2/c20-15-6-5-14(12-16(15)21)23-18(25)13-7-8-22-17(11-13)19(26)24-9-3-1-2-4-10-24/h5-8,11-12H,1-4,9-10H2,(H,23,25). The lowest BCUT2D eigenvalue weighted by atomic mass is 10.2. The summed E-state index contributed by atoms with van der Waals surface area (Å²) in [5, 5.41) is 3.52. The highest BCUT2D eigenvalue weighted by molar-refractivity contribution is 6.42. The van der Waals surface area contributed by atoms with Gasteiger partial charge >= 0.3 is 0 Å². The molecule has 136 valence electrons. The molecule has 1 N–H and O–H groups in total. The van der Waals surface area contributed by atoms with E-state index in [9.17, 15) is 9.59 Å². The Morgan fingerprint density at radius 3 is 2.38 bits per heavy atom. The molecular formula is C19H19Cl2N3O2. The largest absolute Gasteiger partial charge is 0.337 e. The summed E-state index contributed by atoms with van der Waals surface area (Å²) in [4.78, 5) is 31.1. The highest BCUT2D eigenvalue weighted by Gasteiger charge is 2.19. The summed E-state index contributed by atoms with van der Waals surface area (Å²) in [5.41, 5.74) is 1.18. The Balaban J connectivity index is 1.74. The molecule has 2 aromatic rings. The summed E-state index contributed by atoms with van der Waals surface area (Å²) in [7, 11) is 0. The Kier molecular flexibility index (Phi) is 6.12. The van der Waals surface area contributed by atoms with Gasteiger partial charge in [0.05, 0.1) is 10.0 Å². The molecule has 0 spiro atoms. The normalized spacial score (nSPS) is 14.6. The molecule has 0 aliphatic carbocycles. The van der Waals surface area contributed by atoms with Crippen molar-refractivity contribution in [2.45, 2.75) is 25.7 Å². The topological polar surface area (TPSA) is 62.3 Å². The molecule has 1 fully saturated rings. The minimum atomic E-state index is -0.337. The number of anilines is 1. The van der Waals surface area contributed by atoms with Gasteiger partial charge in [-0.3, -0.25) is 14.6 Å². The average Bonchev–Trinajstić information content (AvgIpc) is 2.93. The summed E-state index contributed by atoms with van der Waals surface area (Å²) >= 11 is 11.8. The van der Waals surface area contributed by atoms with E-state index in [1.807, 2.05) is 4.90 Å². The van der Waals surface area contributed by atoms with Crippen LogP contribution in [-0.2, 0) is 0 Å². The number of halogens is 2. The number of likely N-dealkylation sites (tertiary alicyclic amines) is 1. The van der Waals surface area contributed by atoms with Gasteiger partial charge in [0.1, 0.15) is 5.69 Å². The first-order valence-electron chi connectivity index (χ1n) is 8.56. The van der Waals surface area contributed by atoms with E-state index in [0.717, 1.165) is 38.8 Å². The quantitative estimate of drug-likeness (QED) is 0.827. The average molecular weight is 392 g/mol. The SMILES string of the molecule is O=C(Nc1ccc(Cl)c(Cl)c1)c1ccnc(C(=O)N2CCCCCC2)c1. The van der Waals surface area contributed by atoms with E-state index in [0.29, 0.717) is 21.3 Å². The van der Waals surface area contributed by atoms with Gasteiger partial charge in [-0.2, -0.15) is 0 Å². The van der Waals surface area contributed by atoms with Crippen molar-refractivity contribution in [3.8, 4) is 0 Å². The van der Waals surface area contributed by atoms with E-state index in [4.69, 9.17) is 23.2 Å². The smallest absolute Gasteiger partial charge is 0.272 e. The molecule has 7 heteroatoms. The molecule has 1 aromatic carbocycles. The molecule has 0 bridgehead atoms. The summed E-state index contributed by atoms with van der Waals surface area (Å²) in [6.45, 7) is 1.47. The van der Waals surface area contributed by atoms with Crippen molar-refractivity contribution in [1.82, 2.24) is 9.88 Å². The molecule has 0 unspecified atom stereocenters. The van der Waals surface area contributed by atoms with Crippen LogP contribution in [0.2, 0.25) is 10.0 Å². The molecule has 3 rings (SSSR count). The van der Waals surface area contributed by atoms with Crippen LogP contribution in [0.15, 0.2) is 36.5 Å². The fourth-order valence-electron chi connectivity index (χ4n) is 2.90. The Hall–Kier alpha value is -2.11. The maximum absolute atomic E-state index is 12.7. The number of rotatable bonds is 3. The predicted molar refractivity (Wildman–Crippen MR) is 103 cm³/mol. The van der Waals surface area contributed by atoms with Crippen molar-refractivity contribution in [1.29, 1.82) is 0 Å². The van der Waals surface area contributed by atoms with Gasteiger partial charge in [-0.05, 0) is 43.2 Å². The van der Waals surface area contributed by atoms with Crippen LogP contribution in [0.5, 0.6) is 0 Å². The third kappa shape index (κ3) is 4.54. The van der Waals surface area contributed by atoms with E-state index < -0.39 is 0 Å². The zero-order valence-electron chi connectivity index (χ0n) is 14.2. The molecule has 26 heavy (non-hydrogen) atoms. The van der Waals surface area contributed by atoms with Gasteiger partial charge in [-0.15, -0.1) is 0 Å². The second-order valence-corrected chi connectivity index (χ2v) is 7.03. The Bertz CT molecular complexity index is 818. The minimum absolute atomic E-state index is 0.129. The first kappa shape index (κ1) is 18.7. The van der Waals surface area contributed by atoms with Crippen LogP contribution in [0.25, 0.3) is 0 Å². The molecule has 2 heterocycles. The highest BCUT2D eigenvalue weighted by atomic mass is 35.5. The van der Waals surface area contributed by atoms with Crippen molar-refractivity contribution < 1.29 is 9.59 Å². The zero-order valence-corrected chi connectivity index (χ0v) is 15.7. The molecular weight excluding hydrogens is 373 g/mol. The van der Waals surface area contributed by atoms with Crippen molar-refractivity contribution in [2.75, 3.05) is 18.4 Å². The molecule has 1 aliphatic heterocycles. The third-order valence-corrected chi connectivity index (χ3v) is 5.05. The molecule has 2 amide bonds. The lowest BCUT2D eigenvalue weighted by molar-refractivity contribution is 0.0755. The molecule has 1 saturated heterocycles. The first-order valence-corrected chi connectivity index (χ1v) is 9.32. The monoisotopic (exact) mass is 391 g/mol. The zero-order chi connectivity index (χ0) is 18.5. The number of hydrogen-bond acceptors (Lipinski definition) is 3. The number of nitrogens with one attached hydrogen (secondary N) is 1. The van der Waals surface area contributed by atoms with Crippen LogP contribution >= 0.6 is 23.2 Å².